The van der Waals surface area contributed by atoms with Gasteiger partial charge in [0.2, 0.25) is 0 Å². The summed E-state index contributed by atoms with van der Waals surface area (Å²) >= 11 is 10.3. The lowest BCUT2D eigenvalue weighted by Crippen LogP contribution is -2.41. The van der Waals surface area contributed by atoms with Crippen LogP contribution in [0.15, 0.2) is 60.9 Å². The Bertz CT molecular complexity index is 1320. The van der Waals surface area contributed by atoms with Crippen LogP contribution in [0.25, 0.3) is 21.2 Å². The van der Waals surface area contributed by atoms with Gasteiger partial charge in [0.1, 0.15) is 4.88 Å². The van der Waals surface area contributed by atoms with Gasteiger partial charge < -0.3 is 4.90 Å². The second-order valence-electron chi connectivity index (χ2n) is 9.03. The Morgan fingerprint density at radius 1 is 1.06 bits per heavy atom. The predicted octanol–water partition coefficient (Wildman–Crippen LogP) is 7.84. The molecule has 7 heteroatoms. The Hall–Kier alpha value is -2.03. The summed E-state index contributed by atoms with van der Waals surface area (Å²) in [5.74, 6) is 0.749. The molecule has 0 unspecified atom stereocenters. The van der Waals surface area contributed by atoms with Gasteiger partial charge >= 0.3 is 0 Å². The molecule has 2 aromatic carbocycles. The number of carbonyl (C=O) groups is 1. The molecule has 0 atom stereocenters. The van der Waals surface area contributed by atoms with Crippen LogP contribution in [-0.4, -0.2) is 26.8 Å². The van der Waals surface area contributed by atoms with Gasteiger partial charge in [-0.2, -0.15) is 0 Å². The van der Waals surface area contributed by atoms with Gasteiger partial charge in [-0.05, 0) is 54.9 Å². The maximum absolute atomic E-state index is 13.9. The molecule has 0 radical (unpaired) electrons. The van der Waals surface area contributed by atoms with E-state index in [1.54, 1.807) is 0 Å². The number of fused-ring (bicyclic) bond motifs is 1. The zero-order valence-corrected chi connectivity index (χ0v) is 22.6. The van der Waals surface area contributed by atoms with Crippen molar-refractivity contribution in [2.75, 3.05) is 0 Å². The first-order valence-corrected chi connectivity index (χ1v) is 13.8. The van der Waals surface area contributed by atoms with Crippen LogP contribution in [0.2, 0.25) is 5.02 Å². The maximum Gasteiger partial charge on any atom is 0.266 e. The van der Waals surface area contributed by atoms with Crippen LogP contribution >= 0.6 is 45.5 Å². The molecule has 4 nitrogen and oxygen atoms in total. The largest absolute Gasteiger partial charge is 0.331 e. The fourth-order valence-electron chi connectivity index (χ4n) is 4.71. The van der Waals surface area contributed by atoms with Crippen molar-refractivity contribution in [3.8, 4) is 11.1 Å². The first-order chi connectivity index (χ1) is 16.5. The van der Waals surface area contributed by atoms with Crippen molar-refractivity contribution >= 4 is 61.5 Å². The number of halogens is 2. The molecular formula is C27H25ClIN3OS. The molecule has 0 aliphatic heterocycles. The van der Waals surface area contributed by atoms with Crippen molar-refractivity contribution in [2.45, 2.75) is 45.2 Å². The third kappa shape index (κ3) is 4.99. The summed E-state index contributed by atoms with van der Waals surface area (Å²) in [7, 11) is 0. The molecule has 1 aliphatic rings. The van der Waals surface area contributed by atoms with Crippen LogP contribution in [-0.2, 0) is 6.54 Å². The number of thiophene rings is 1. The minimum absolute atomic E-state index is 0.0359. The third-order valence-corrected chi connectivity index (χ3v) is 8.87. The van der Waals surface area contributed by atoms with E-state index in [-0.39, 0.29) is 11.9 Å². The lowest BCUT2D eigenvalue weighted by Gasteiger charge is -2.36. The van der Waals surface area contributed by atoms with Crippen molar-refractivity contribution in [2.24, 2.45) is 5.92 Å². The smallest absolute Gasteiger partial charge is 0.266 e. The Morgan fingerprint density at radius 3 is 2.53 bits per heavy atom. The SMILES string of the molecule is CC1CCC(N(Cc2cccc(-c3cnc(I)nc3)c2)C(=O)c2sc3ccccc3c2Cl)CC1. The number of nitrogens with zero attached hydrogens (tertiary/aromatic N) is 3. The Labute approximate surface area is 222 Å². The number of carbonyl (C=O) groups excluding carboxylic acids is 1. The van der Waals surface area contributed by atoms with Gasteiger partial charge in [0.25, 0.3) is 5.91 Å². The first kappa shape index (κ1) is 23.7. The van der Waals surface area contributed by atoms with Gasteiger partial charge in [0.15, 0.2) is 3.83 Å². The van der Waals surface area contributed by atoms with Crippen LogP contribution in [0.4, 0.5) is 0 Å². The lowest BCUT2D eigenvalue weighted by molar-refractivity contribution is 0.0598. The molecule has 0 spiro atoms. The highest BCUT2D eigenvalue weighted by Gasteiger charge is 2.31. The average Bonchev–Trinajstić information content (AvgIpc) is 3.20. The highest BCUT2D eigenvalue weighted by molar-refractivity contribution is 14.1. The van der Waals surface area contributed by atoms with Gasteiger partial charge in [-0.1, -0.05) is 54.9 Å². The van der Waals surface area contributed by atoms with Gasteiger partial charge in [0.05, 0.1) is 5.02 Å². The van der Waals surface area contributed by atoms with Crippen molar-refractivity contribution in [3.63, 3.8) is 0 Å². The fraction of sp³-hybridized carbons (Fsp3) is 0.296. The zero-order valence-electron chi connectivity index (χ0n) is 18.9. The van der Waals surface area contributed by atoms with Crippen LogP contribution in [0.1, 0.15) is 47.8 Å². The van der Waals surface area contributed by atoms with E-state index in [4.69, 9.17) is 11.6 Å². The number of hydrogen-bond donors (Lipinski definition) is 0. The van der Waals surface area contributed by atoms with Crippen LogP contribution < -0.4 is 0 Å². The van der Waals surface area contributed by atoms with Crippen LogP contribution in [0.3, 0.4) is 0 Å². The average molecular weight is 602 g/mol. The lowest BCUT2D eigenvalue weighted by atomic mass is 9.86. The summed E-state index contributed by atoms with van der Waals surface area (Å²) in [6.45, 7) is 2.86. The molecule has 0 saturated heterocycles. The summed E-state index contributed by atoms with van der Waals surface area (Å²) in [6, 6.07) is 16.5. The number of hydrogen-bond acceptors (Lipinski definition) is 4. The molecule has 1 fully saturated rings. The zero-order chi connectivity index (χ0) is 23.7. The van der Waals surface area contributed by atoms with Gasteiger partial charge in [0, 0.05) is 63.2 Å². The van der Waals surface area contributed by atoms with Crippen molar-refractivity contribution in [1.82, 2.24) is 14.9 Å². The maximum atomic E-state index is 13.9. The molecule has 2 aromatic heterocycles. The summed E-state index contributed by atoms with van der Waals surface area (Å²) < 4.78 is 1.77. The Morgan fingerprint density at radius 2 is 1.79 bits per heavy atom. The molecule has 0 bridgehead atoms. The first-order valence-electron chi connectivity index (χ1n) is 11.5. The summed E-state index contributed by atoms with van der Waals surface area (Å²) in [4.78, 5) is 25.3. The van der Waals surface area contributed by atoms with Crippen molar-refractivity contribution in [3.05, 3.63) is 80.2 Å². The highest BCUT2D eigenvalue weighted by atomic mass is 127. The molecule has 0 N–H and O–H groups in total. The molecule has 1 amide bonds. The molecule has 4 aromatic rings. The quantitative estimate of drug-likeness (QED) is 0.173. The Balaban J connectivity index is 1.48. The van der Waals surface area contributed by atoms with E-state index in [9.17, 15) is 4.79 Å². The van der Waals surface area contributed by atoms with Gasteiger partial charge in [-0.15, -0.1) is 11.3 Å². The van der Waals surface area contributed by atoms with E-state index in [0.29, 0.717) is 22.4 Å². The normalized spacial score (nSPS) is 18.2. The van der Waals surface area contributed by atoms with Crippen LogP contribution in [0.5, 0.6) is 0 Å². The van der Waals surface area contributed by atoms with E-state index < -0.39 is 0 Å². The minimum Gasteiger partial charge on any atom is -0.331 e. The number of amides is 1. The minimum atomic E-state index is 0.0359. The summed E-state index contributed by atoms with van der Waals surface area (Å²) in [5.41, 5.74) is 3.12. The second kappa shape index (κ2) is 10.3. The molecule has 2 heterocycles. The molecule has 174 valence electrons. The van der Waals surface area contributed by atoms with E-state index >= 15 is 0 Å². The van der Waals surface area contributed by atoms with Crippen molar-refractivity contribution in [1.29, 1.82) is 0 Å². The van der Waals surface area contributed by atoms with E-state index in [0.717, 1.165) is 56.3 Å². The van der Waals surface area contributed by atoms with Gasteiger partial charge in [-0.3, -0.25) is 4.79 Å². The fourth-order valence-corrected chi connectivity index (χ4v) is 6.46. The topological polar surface area (TPSA) is 46.1 Å². The molecule has 1 saturated carbocycles. The van der Waals surface area contributed by atoms with Gasteiger partial charge in [-0.25, -0.2) is 9.97 Å². The summed E-state index contributed by atoms with van der Waals surface area (Å²) in [5, 5.41) is 1.53. The standard InChI is InChI=1S/C27H25ClIN3OS/c1-17-9-11-21(12-10-17)32(26(33)25-24(28)22-7-2-3-8-23(22)34-25)16-18-5-4-6-19(13-18)20-14-30-27(29)31-15-20/h2-8,13-15,17,21H,9-12,16H2,1H3. The van der Waals surface area contributed by atoms with E-state index in [1.165, 1.54) is 11.3 Å². The third-order valence-electron chi connectivity index (χ3n) is 6.65. The molecule has 5 rings (SSSR count). The predicted molar refractivity (Wildman–Crippen MR) is 148 cm³/mol. The number of benzene rings is 2. The van der Waals surface area contributed by atoms with E-state index in [1.807, 2.05) is 42.7 Å². The van der Waals surface area contributed by atoms with Crippen LogP contribution in [0, 0.1) is 9.75 Å². The van der Waals surface area contributed by atoms with Crippen molar-refractivity contribution < 1.29 is 4.79 Å². The number of aromatic nitrogens is 2. The highest BCUT2D eigenvalue weighted by Crippen LogP contribution is 2.38. The molecule has 1 aliphatic carbocycles. The summed E-state index contributed by atoms with van der Waals surface area (Å²) in [6.07, 6.45) is 8.04. The number of rotatable bonds is 5. The monoisotopic (exact) mass is 601 g/mol. The van der Waals surface area contributed by atoms with E-state index in [2.05, 4.69) is 62.6 Å². The molecule has 34 heavy (non-hydrogen) atoms. The molecular weight excluding hydrogens is 577 g/mol. The second-order valence-corrected chi connectivity index (χ2v) is 11.4. The Kier molecular flexibility index (Phi) is 7.18.